The number of hydrogen-bond acceptors (Lipinski definition) is 4. The number of carbonyl (C=O) groups excluding carboxylic acids is 2. The Hall–Kier alpha value is -1.11. The van der Waals surface area contributed by atoms with Crippen molar-refractivity contribution in [3.63, 3.8) is 0 Å². The molecule has 0 aromatic heterocycles. The van der Waals surface area contributed by atoms with E-state index in [-0.39, 0.29) is 24.1 Å². The molecule has 0 aromatic rings. The van der Waals surface area contributed by atoms with Gasteiger partial charge in [-0.15, -0.1) is 0 Å². The number of amides is 2. The maximum absolute atomic E-state index is 12.2. The second kappa shape index (κ2) is 5.11. The molecule has 2 amide bonds. The van der Waals surface area contributed by atoms with E-state index in [0.29, 0.717) is 0 Å². The van der Waals surface area contributed by atoms with Crippen molar-refractivity contribution in [2.45, 2.75) is 39.8 Å². The predicted molar refractivity (Wildman–Crippen MR) is 72.3 cm³/mol. The van der Waals surface area contributed by atoms with E-state index in [0.717, 1.165) is 6.26 Å². The fourth-order valence-electron chi connectivity index (χ4n) is 2.24. The normalized spacial score (nSPS) is 25.4. The van der Waals surface area contributed by atoms with Gasteiger partial charge < -0.3 is 10.2 Å². The van der Waals surface area contributed by atoms with Gasteiger partial charge in [-0.2, -0.15) is 0 Å². The second-order valence-electron chi connectivity index (χ2n) is 6.16. The second-order valence-corrected chi connectivity index (χ2v) is 8.42. The number of carbonyl (C=O) groups is 2. The summed E-state index contributed by atoms with van der Waals surface area (Å²) in [7, 11) is -3.18. The Kier molecular flexibility index (Phi) is 4.29. The van der Waals surface area contributed by atoms with Crippen LogP contribution in [0.15, 0.2) is 0 Å². The van der Waals surface area contributed by atoms with Crippen molar-refractivity contribution in [2.24, 2.45) is 5.41 Å². The van der Waals surface area contributed by atoms with Crippen LogP contribution in [0.4, 0.5) is 0 Å². The Morgan fingerprint density at radius 3 is 2.21 bits per heavy atom. The highest BCUT2D eigenvalue weighted by atomic mass is 32.2. The molecule has 0 aromatic carbocycles. The van der Waals surface area contributed by atoms with Gasteiger partial charge in [0, 0.05) is 12.8 Å². The summed E-state index contributed by atoms with van der Waals surface area (Å²) in [4.78, 5) is 25.6. The molecule has 1 aliphatic rings. The molecule has 110 valence electrons. The molecule has 7 heteroatoms. The minimum Gasteiger partial charge on any atom is -0.343 e. The van der Waals surface area contributed by atoms with Crippen molar-refractivity contribution in [1.82, 2.24) is 10.2 Å². The standard InChI is InChI=1S/C12H22N2O4S/c1-8-11(16)14(6-7-19(5,17)18)9(10(15)13-8)12(2,3)4/h8-9H,6-7H2,1-5H3,(H,13,15). The fourth-order valence-corrected chi connectivity index (χ4v) is 2.76. The topological polar surface area (TPSA) is 83.6 Å². The fraction of sp³-hybridized carbons (Fsp3) is 0.833. The molecule has 1 rings (SSSR count). The van der Waals surface area contributed by atoms with Crippen LogP contribution in [0.2, 0.25) is 0 Å². The molecule has 0 spiro atoms. The number of hydrogen-bond donors (Lipinski definition) is 1. The van der Waals surface area contributed by atoms with Crippen LogP contribution in [0.25, 0.3) is 0 Å². The first-order valence-electron chi connectivity index (χ1n) is 6.22. The molecule has 1 heterocycles. The highest BCUT2D eigenvalue weighted by molar-refractivity contribution is 7.90. The van der Waals surface area contributed by atoms with Gasteiger partial charge in [-0.05, 0) is 12.3 Å². The average Bonchev–Trinajstić information content (AvgIpc) is 2.17. The Morgan fingerprint density at radius 2 is 1.79 bits per heavy atom. The van der Waals surface area contributed by atoms with E-state index in [1.165, 1.54) is 4.90 Å². The summed E-state index contributed by atoms with van der Waals surface area (Å²) in [5, 5.41) is 2.63. The van der Waals surface area contributed by atoms with Crippen molar-refractivity contribution >= 4 is 21.7 Å². The maximum Gasteiger partial charge on any atom is 0.245 e. The van der Waals surface area contributed by atoms with E-state index in [4.69, 9.17) is 0 Å². The van der Waals surface area contributed by atoms with Crippen LogP contribution in [0.1, 0.15) is 27.7 Å². The minimum atomic E-state index is -3.18. The van der Waals surface area contributed by atoms with Crippen LogP contribution in [0, 0.1) is 5.41 Å². The third kappa shape index (κ3) is 3.92. The number of sulfone groups is 1. The Morgan fingerprint density at radius 1 is 1.26 bits per heavy atom. The molecule has 0 aliphatic carbocycles. The Balaban J connectivity index is 3.03. The highest BCUT2D eigenvalue weighted by Gasteiger charge is 2.44. The van der Waals surface area contributed by atoms with Crippen molar-refractivity contribution in [2.75, 3.05) is 18.6 Å². The number of rotatable bonds is 3. The molecular formula is C12H22N2O4S. The molecular weight excluding hydrogens is 268 g/mol. The zero-order chi connectivity index (χ0) is 15.0. The summed E-state index contributed by atoms with van der Waals surface area (Å²) in [6.07, 6.45) is 1.12. The van der Waals surface area contributed by atoms with Crippen molar-refractivity contribution < 1.29 is 18.0 Å². The highest BCUT2D eigenvalue weighted by Crippen LogP contribution is 2.27. The summed E-state index contributed by atoms with van der Waals surface area (Å²) in [6.45, 7) is 7.22. The molecule has 0 radical (unpaired) electrons. The van der Waals surface area contributed by atoms with Crippen LogP contribution in [-0.2, 0) is 19.4 Å². The van der Waals surface area contributed by atoms with Crippen LogP contribution >= 0.6 is 0 Å². The van der Waals surface area contributed by atoms with E-state index in [9.17, 15) is 18.0 Å². The first-order chi connectivity index (χ1) is 8.43. The van der Waals surface area contributed by atoms with Gasteiger partial charge in [0.15, 0.2) is 0 Å². The predicted octanol–water partition coefficient (Wildman–Crippen LogP) is -0.207. The lowest BCUT2D eigenvalue weighted by Gasteiger charge is -2.44. The molecule has 0 bridgehead atoms. The molecule has 1 N–H and O–H groups in total. The number of nitrogens with one attached hydrogen (secondary N) is 1. The van der Waals surface area contributed by atoms with Crippen LogP contribution < -0.4 is 5.32 Å². The summed E-state index contributed by atoms with van der Waals surface area (Å²) in [6, 6.07) is -1.25. The molecule has 1 saturated heterocycles. The summed E-state index contributed by atoms with van der Waals surface area (Å²) >= 11 is 0. The summed E-state index contributed by atoms with van der Waals surface area (Å²) in [5.74, 6) is -0.595. The SMILES string of the molecule is CC1NC(=O)C(C(C)(C)C)N(CCS(C)(=O)=O)C1=O. The van der Waals surface area contributed by atoms with Crippen molar-refractivity contribution in [3.05, 3.63) is 0 Å². The van der Waals surface area contributed by atoms with E-state index in [2.05, 4.69) is 5.32 Å². The van der Waals surface area contributed by atoms with E-state index in [1.54, 1.807) is 6.92 Å². The molecule has 1 aliphatic heterocycles. The van der Waals surface area contributed by atoms with E-state index >= 15 is 0 Å². The van der Waals surface area contributed by atoms with Crippen molar-refractivity contribution in [1.29, 1.82) is 0 Å². The zero-order valence-electron chi connectivity index (χ0n) is 12.1. The Labute approximate surface area is 114 Å². The smallest absolute Gasteiger partial charge is 0.245 e. The molecule has 1 fully saturated rings. The lowest BCUT2D eigenvalue weighted by Crippen LogP contribution is -2.66. The quantitative estimate of drug-likeness (QED) is 0.780. The van der Waals surface area contributed by atoms with Crippen LogP contribution in [0.5, 0.6) is 0 Å². The van der Waals surface area contributed by atoms with E-state index in [1.807, 2.05) is 20.8 Å². The van der Waals surface area contributed by atoms with Gasteiger partial charge in [0.1, 0.15) is 21.9 Å². The van der Waals surface area contributed by atoms with Gasteiger partial charge in [0.05, 0.1) is 5.75 Å². The zero-order valence-corrected chi connectivity index (χ0v) is 12.9. The van der Waals surface area contributed by atoms with Gasteiger partial charge in [-0.1, -0.05) is 20.8 Å². The largest absolute Gasteiger partial charge is 0.343 e. The van der Waals surface area contributed by atoms with E-state index < -0.39 is 27.3 Å². The summed E-state index contributed by atoms with van der Waals surface area (Å²) in [5.41, 5.74) is -0.447. The third-order valence-corrected chi connectivity index (χ3v) is 4.02. The van der Waals surface area contributed by atoms with Gasteiger partial charge in [0.2, 0.25) is 11.8 Å². The van der Waals surface area contributed by atoms with Gasteiger partial charge >= 0.3 is 0 Å². The molecule has 19 heavy (non-hydrogen) atoms. The lowest BCUT2D eigenvalue weighted by molar-refractivity contribution is -0.152. The summed E-state index contributed by atoms with van der Waals surface area (Å²) < 4.78 is 22.5. The monoisotopic (exact) mass is 290 g/mol. The average molecular weight is 290 g/mol. The lowest BCUT2D eigenvalue weighted by atomic mass is 9.83. The molecule has 2 unspecified atom stereocenters. The third-order valence-electron chi connectivity index (χ3n) is 3.10. The number of nitrogens with zero attached hydrogens (tertiary/aromatic N) is 1. The Bertz CT molecular complexity index is 478. The first-order valence-corrected chi connectivity index (χ1v) is 8.28. The van der Waals surface area contributed by atoms with Gasteiger partial charge in [0.25, 0.3) is 0 Å². The van der Waals surface area contributed by atoms with Crippen LogP contribution in [0.3, 0.4) is 0 Å². The molecule has 0 saturated carbocycles. The number of piperazine rings is 1. The van der Waals surface area contributed by atoms with Gasteiger partial charge in [-0.25, -0.2) is 8.42 Å². The molecule has 6 nitrogen and oxygen atoms in total. The minimum absolute atomic E-state index is 0.0529. The molecule has 2 atom stereocenters. The van der Waals surface area contributed by atoms with Gasteiger partial charge in [-0.3, -0.25) is 9.59 Å². The first kappa shape index (κ1) is 15.9. The van der Waals surface area contributed by atoms with Crippen LogP contribution in [-0.4, -0.2) is 55.8 Å². The van der Waals surface area contributed by atoms with Crippen molar-refractivity contribution in [3.8, 4) is 0 Å². The maximum atomic E-state index is 12.2.